The first-order valence-corrected chi connectivity index (χ1v) is 8.47. The van der Waals surface area contributed by atoms with Gasteiger partial charge in [-0.1, -0.05) is 13.0 Å². The Bertz CT molecular complexity index is 552. The van der Waals surface area contributed by atoms with Crippen LogP contribution in [-0.4, -0.2) is 28.2 Å². The third-order valence-electron chi connectivity index (χ3n) is 3.63. The molecule has 6 heteroatoms. The molecular weight excluding hydrogens is 276 g/mol. The van der Waals surface area contributed by atoms with Gasteiger partial charge >= 0.3 is 0 Å². The second-order valence-corrected chi connectivity index (χ2v) is 6.87. The third-order valence-corrected chi connectivity index (χ3v) is 5.17. The highest BCUT2D eigenvalue weighted by atomic mass is 32.2. The van der Waals surface area contributed by atoms with Crippen LogP contribution in [0.5, 0.6) is 0 Å². The van der Waals surface area contributed by atoms with E-state index in [0.717, 1.165) is 31.6 Å². The van der Waals surface area contributed by atoms with Gasteiger partial charge in [0.1, 0.15) is 0 Å². The van der Waals surface area contributed by atoms with Crippen LogP contribution in [0, 0.1) is 5.92 Å². The highest BCUT2D eigenvalue weighted by Gasteiger charge is 2.20. The maximum Gasteiger partial charge on any atom is 0.240 e. The smallest absolute Gasteiger partial charge is 0.240 e. The van der Waals surface area contributed by atoms with E-state index in [0.29, 0.717) is 29.5 Å². The van der Waals surface area contributed by atoms with Gasteiger partial charge in [-0.05, 0) is 42.9 Å². The lowest BCUT2D eigenvalue weighted by Crippen LogP contribution is -2.27. The Kier molecular flexibility index (Phi) is 5.01. The summed E-state index contributed by atoms with van der Waals surface area (Å²) in [6.45, 7) is 3.89. The summed E-state index contributed by atoms with van der Waals surface area (Å²) in [6.07, 6.45) is 2.48. The fraction of sp³-hybridized carbons (Fsp3) is 0.571. The molecule has 0 aromatic heterocycles. The van der Waals surface area contributed by atoms with Crippen molar-refractivity contribution in [1.82, 2.24) is 4.72 Å². The molecule has 1 aliphatic rings. The Morgan fingerprint density at radius 1 is 1.45 bits per heavy atom. The Labute approximate surface area is 120 Å². The normalized spacial score (nSPS) is 19.4. The van der Waals surface area contributed by atoms with E-state index < -0.39 is 10.0 Å². The van der Waals surface area contributed by atoms with Gasteiger partial charge in [0.2, 0.25) is 10.0 Å². The van der Waals surface area contributed by atoms with Crippen LogP contribution in [0.4, 0.5) is 5.69 Å². The Morgan fingerprint density at radius 3 is 2.90 bits per heavy atom. The molecule has 0 bridgehead atoms. The average molecular weight is 298 g/mol. The van der Waals surface area contributed by atoms with Gasteiger partial charge in [0.25, 0.3) is 0 Å². The zero-order chi connectivity index (χ0) is 14.6. The molecule has 20 heavy (non-hydrogen) atoms. The number of nitrogen functional groups attached to an aromatic ring is 1. The largest absolute Gasteiger partial charge is 0.399 e. The van der Waals surface area contributed by atoms with Crippen LogP contribution >= 0.6 is 0 Å². The lowest BCUT2D eigenvalue weighted by Gasteiger charge is -2.12. The molecule has 5 nitrogen and oxygen atoms in total. The summed E-state index contributed by atoms with van der Waals surface area (Å²) in [7, 11) is -3.49. The van der Waals surface area contributed by atoms with Crippen LogP contribution < -0.4 is 10.5 Å². The summed E-state index contributed by atoms with van der Waals surface area (Å²) in [5.74, 6) is 0.462. The van der Waals surface area contributed by atoms with Gasteiger partial charge in [-0.2, -0.15) is 0 Å². The lowest BCUT2D eigenvalue weighted by atomic mass is 10.1. The minimum absolute atomic E-state index is 0.294. The molecule has 0 radical (unpaired) electrons. The highest BCUT2D eigenvalue weighted by molar-refractivity contribution is 7.89. The predicted molar refractivity (Wildman–Crippen MR) is 79.0 cm³/mol. The third kappa shape index (κ3) is 3.71. The summed E-state index contributed by atoms with van der Waals surface area (Å²) in [4.78, 5) is 0.294. The van der Waals surface area contributed by atoms with Gasteiger partial charge in [0.15, 0.2) is 0 Å². The van der Waals surface area contributed by atoms with Crippen molar-refractivity contribution in [3.05, 3.63) is 23.8 Å². The van der Waals surface area contributed by atoms with E-state index in [1.807, 2.05) is 6.92 Å². The van der Waals surface area contributed by atoms with Crippen molar-refractivity contribution in [3.8, 4) is 0 Å². The van der Waals surface area contributed by atoms with Crippen molar-refractivity contribution in [2.75, 3.05) is 25.5 Å². The number of anilines is 1. The Balaban J connectivity index is 2.03. The number of hydrogen-bond acceptors (Lipinski definition) is 4. The van der Waals surface area contributed by atoms with E-state index in [9.17, 15) is 8.42 Å². The number of nitrogens with one attached hydrogen (secondary N) is 1. The molecular formula is C14H22N2O3S. The van der Waals surface area contributed by atoms with Gasteiger partial charge < -0.3 is 10.5 Å². The summed E-state index contributed by atoms with van der Waals surface area (Å²) in [5.41, 5.74) is 6.95. The standard InChI is InChI=1S/C14H22N2O3S/c1-2-12-3-4-13(15)9-14(12)20(17,18)16-7-5-11-6-8-19-10-11/h3-4,9,11,16H,2,5-8,10,15H2,1H3. The first-order valence-electron chi connectivity index (χ1n) is 6.98. The number of aryl methyl sites for hydroxylation is 1. The van der Waals surface area contributed by atoms with Crippen LogP contribution in [0.3, 0.4) is 0 Å². The van der Waals surface area contributed by atoms with Crippen molar-refractivity contribution in [3.63, 3.8) is 0 Å². The average Bonchev–Trinajstić information content (AvgIpc) is 2.91. The predicted octanol–water partition coefficient (Wildman–Crippen LogP) is 1.54. The van der Waals surface area contributed by atoms with Gasteiger partial charge in [-0.3, -0.25) is 0 Å². The van der Waals surface area contributed by atoms with E-state index >= 15 is 0 Å². The molecule has 1 atom stereocenters. The molecule has 1 heterocycles. The summed E-state index contributed by atoms with van der Waals surface area (Å²) in [6, 6.07) is 5.03. The molecule has 3 N–H and O–H groups in total. The van der Waals surface area contributed by atoms with Crippen LogP contribution in [-0.2, 0) is 21.2 Å². The molecule has 1 aromatic carbocycles. The Morgan fingerprint density at radius 2 is 2.25 bits per heavy atom. The topological polar surface area (TPSA) is 81.4 Å². The van der Waals surface area contributed by atoms with Gasteiger partial charge in [0.05, 0.1) is 4.90 Å². The number of sulfonamides is 1. The van der Waals surface area contributed by atoms with Crippen LogP contribution in [0.1, 0.15) is 25.3 Å². The second-order valence-electron chi connectivity index (χ2n) is 5.14. The second kappa shape index (κ2) is 6.56. The van der Waals surface area contributed by atoms with E-state index in [1.54, 1.807) is 12.1 Å². The van der Waals surface area contributed by atoms with Crippen molar-refractivity contribution < 1.29 is 13.2 Å². The molecule has 0 aliphatic carbocycles. The molecule has 1 saturated heterocycles. The van der Waals surface area contributed by atoms with E-state index in [2.05, 4.69) is 4.72 Å². The van der Waals surface area contributed by atoms with Crippen molar-refractivity contribution >= 4 is 15.7 Å². The number of rotatable bonds is 6. The molecule has 1 unspecified atom stereocenters. The van der Waals surface area contributed by atoms with Crippen LogP contribution in [0.25, 0.3) is 0 Å². The monoisotopic (exact) mass is 298 g/mol. The molecule has 1 fully saturated rings. The van der Waals surface area contributed by atoms with Crippen LogP contribution in [0.2, 0.25) is 0 Å². The zero-order valence-corrected chi connectivity index (χ0v) is 12.6. The molecule has 0 saturated carbocycles. The minimum atomic E-state index is -3.49. The molecule has 112 valence electrons. The van der Waals surface area contributed by atoms with Crippen LogP contribution in [0.15, 0.2) is 23.1 Å². The number of ether oxygens (including phenoxy) is 1. The Hall–Kier alpha value is -1.11. The molecule has 0 spiro atoms. The van der Waals surface area contributed by atoms with E-state index in [1.165, 1.54) is 6.07 Å². The molecule has 1 aliphatic heterocycles. The molecule has 2 rings (SSSR count). The van der Waals surface area contributed by atoms with E-state index in [4.69, 9.17) is 10.5 Å². The van der Waals surface area contributed by atoms with E-state index in [-0.39, 0.29) is 0 Å². The minimum Gasteiger partial charge on any atom is -0.399 e. The lowest BCUT2D eigenvalue weighted by molar-refractivity contribution is 0.184. The quantitative estimate of drug-likeness (QED) is 0.781. The summed E-state index contributed by atoms with van der Waals surface area (Å²) in [5, 5.41) is 0. The van der Waals surface area contributed by atoms with Gasteiger partial charge in [-0.15, -0.1) is 0 Å². The maximum atomic E-state index is 12.3. The SMILES string of the molecule is CCc1ccc(N)cc1S(=O)(=O)NCCC1CCOC1. The summed E-state index contributed by atoms with van der Waals surface area (Å²) >= 11 is 0. The number of benzene rings is 1. The maximum absolute atomic E-state index is 12.3. The zero-order valence-electron chi connectivity index (χ0n) is 11.8. The first-order chi connectivity index (χ1) is 9.53. The van der Waals surface area contributed by atoms with Crippen molar-refractivity contribution in [2.24, 2.45) is 5.92 Å². The summed E-state index contributed by atoms with van der Waals surface area (Å²) < 4.78 is 32.6. The first kappa shape index (κ1) is 15.3. The fourth-order valence-electron chi connectivity index (χ4n) is 2.40. The van der Waals surface area contributed by atoms with Crippen molar-refractivity contribution in [1.29, 1.82) is 0 Å². The highest BCUT2D eigenvalue weighted by Crippen LogP contribution is 2.20. The van der Waals surface area contributed by atoms with Gasteiger partial charge in [-0.25, -0.2) is 13.1 Å². The molecule has 0 amide bonds. The van der Waals surface area contributed by atoms with Crippen molar-refractivity contribution in [2.45, 2.75) is 31.1 Å². The number of nitrogens with two attached hydrogens (primary N) is 1. The fourth-order valence-corrected chi connectivity index (χ4v) is 3.79. The van der Waals surface area contributed by atoms with Gasteiger partial charge in [0, 0.05) is 25.4 Å². The number of hydrogen-bond donors (Lipinski definition) is 2. The molecule has 1 aromatic rings.